The van der Waals surface area contributed by atoms with Crippen LogP contribution in [-0.2, 0) is 9.84 Å². The first-order valence-corrected chi connectivity index (χ1v) is 13.1. The van der Waals surface area contributed by atoms with Gasteiger partial charge in [-0.15, -0.1) is 0 Å². The van der Waals surface area contributed by atoms with Crippen molar-refractivity contribution < 1.29 is 12.8 Å². The van der Waals surface area contributed by atoms with Crippen LogP contribution in [0.3, 0.4) is 0 Å². The lowest BCUT2D eigenvalue weighted by atomic mass is 10.1. The Morgan fingerprint density at radius 3 is 2.32 bits per heavy atom. The predicted molar refractivity (Wildman–Crippen MR) is 141 cm³/mol. The van der Waals surface area contributed by atoms with Crippen molar-refractivity contribution in [2.45, 2.75) is 23.6 Å². The van der Waals surface area contributed by atoms with E-state index in [1.54, 1.807) is 48.5 Å². The zero-order valence-electron chi connectivity index (χ0n) is 20.0. The molecule has 0 aliphatic heterocycles. The molecule has 0 radical (unpaired) electrons. The Balaban J connectivity index is 1.73. The van der Waals surface area contributed by atoms with Gasteiger partial charge in [0, 0.05) is 10.9 Å². The summed E-state index contributed by atoms with van der Waals surface area (Å²) in [5.41, 5.74) is 3.59. The Kier molecular flexibility index (Phi) is 5.27. The molecule has 0 N–H and O–H groups in total. The summed E-state index contributed by atoms with van der Waals surface area (Å²) in [6.07, 6.45) is 1.31. The van der Waals surface area contributed by atoms with Crippen molar-refractivity contribution in [3.05, 3.63) is 113 Å². The molecule has 0 fully saturated rings. The van der Waals surface area contributed by atoms with Crippen molar-refractivity contribution >= 4 is 26.5 Å². The Hall–Kier alpha value is -4.56. The molecule has 6 rings (SSSR count). The molecule has 8 heteroatoms. The molecule has 0 aliphatic carbocycles. The van der Waals surface area contributed by atoms with Gasteiger partial charge in [-0.25, -0.2) is 22.7 Å². The number of rotatable bonds is 4. The van der Waals surface area contributed by atoms with Crippen LogP contribution in [0, 0.1) is 13.8 Å². The molecule has 3 aromatic heterocycles. The van der Waals surface area contributed by atoms with Gasteiger partial charge in [-0.2, -0.15) is 5.10 Å². The van der Waals surface area contributed by atoms with Gasteiger partial charge >= 0.3 is 5.63 Å². The van der Waals surface area contributed by atoms with Gasteiger partial charge < -0.3 is 4.42 Å². The molecule has 0 amide bonds. The summed E-state index contributed by atoms with van der Waals surface area (Å²) in [5, 5.41) is 5.34. The smallest absolute Gasteiger partial charge is 0.345 e. The highest BCUT2D eigenvalue weighted by molar-refractivity contribution is 7.91. The minimum absolute atomic E-state index is 0.0823. The van der Waals surface area contributed by atoms with Crippen LogP contribution in [0.4, 0.5) is 0 Å². The zero-order valence-corrected chi connectivity index (χ0v) is 20.9. The number of hydrogen-bond donors (Lipinski definition) is 0. The first-order chi connectivity index (χ1) is 17.8. The highest BCUT2D eigenvalue weighted by Crippen LogP contribution is 2.35. The van der Waals surface area contributed by atoms with Gasteiger partial charge in [-0.05, 0) is 43.7 Å². The van der Waals surface area contributed by atoms with E-state index in [1.807, 2.05) is 50.2 Å². The number of aryl methyl sites for hydroxylation is 2. The lowest BCUT2D eigenvalue weighted by Crippen LogP contribution is -2.13. The fourth-order valence-electron chi connectivity index (χ4n) is 4.53. The number of aromatic nitrogens is 3. The molecule has 0 saturated carbocycles. The fourth-order valence-corrected chi connectivity index (χ4v) is 5.92. The van der Waals surface area contributed by atoms with Gasteiger partial charge in [0.1, 0.15) is 16.2 Å². The number of fused-ring (bicyclic) bond motifs is 2. The summed E-state index contributed by atoms with van der Waals surface area (Å²) in [5.74, 6) is 0. The third kappa shape index (κ3) is 3.73. The van der Waals surface area contributed by atoms with Crippen molar-refractivity contribution in [3.8, 4) is 22.4 Å². The van der Waals surface area contributed by atoms with Crippen molar-refractivity contribution in [2.24, 2.45) is 0 Å². The van der Waals surface area contributed by atoms with E-state index >= 15 is 0 Å². The Bertz CT molecular complexity index is 1970. The molecule has 0 saturated heterocycles. The van der Waals surface area contributed by atoms with E-state index in [0.29, 0.717) is 22.3 Å². The maximum atomic E-state index is 13.9. The minimum Gasteiger partial charge on any atom is -0.422 e. The number of para-hydroxylation sites is 1. The number of benzene rings is 3. The van der Waals surface area contributed by atoms with Crippen molar-refractivity contribution in [2.75, 3.05) is 0 Å². The molecular formula is C29H21N3O4S. The molecule has 3 aromatic carbocycles. The highest BCUT2D eigenvalue weighted by Gasteiger charge is 2.29. The van der Waals surface area contributed by atoms with E-state index in [2.05, 4.69) is 10.1 Å². The number of nitrogens with zero attached hydrogens (tertiary/aromatic N) is 3. The van der Waals surface area contributed by atoms with E-state index in [1.165, 1.54) is 10.7 Å². The SMILES string of the molecule is Cc1ccc(S(=O)(=O)c2cnc3c(-c4ccccc4)c(C)nn3c2-c2cc3ccccc3oc2=O)cc1. The predicted octanol–water partition coefficient (Wildman–Crippen LogP) is 5.62. The van der Waals surface area contributed by atoms with Crippen LogP contribution in [0.1, 0.15) is 11.3 Å². The van der Waals surface area contributed by atoms with Gasteiger partial charge in [-0.3, -0.25) is 0 Å². The van der Waals surface area contributed by atoms with E-state index in [-0.39, 0.29) is 21.0 Å². The minimum atomic E-state index is -4.07. The lowest BCUT2D eigenvalue weighted by molar-refractivity contribution is 0.562. The molecule has 0 aliphatic rings. The van der Waals surface area contributed by atoms with E-state index in [9.17, 15) is 13.2 Å². The van der Waals surface area contributed by atoms with Crippen LogP contribution in [0.15, 0.2) is 110 Å². The maximum Gasteiger partial charge on any atom is 0.345 e. The quantitative estimate of drug-likeness (QED) is 0.288. The molecule has 0 bridgehead atoms. The summed E-state index contributed by atoms with van der Waals surface area (Å²) in [7, 11) is -4.07. The average Bonchev–Trinajstić information content (AvgIpc) is 3.24. The molecule has 182 valence electrons. The molecule has 0 unspecified atom stereocenters. The first kappa shape index (κ1) is 22.9. The van der Waals surface area contributed by atoms with Crippen molar-refractivity contribution in [1.82, 2.24) is 14.6 Å². The van der Waals surface area contributed by atoms with E-state index in [0.717, 1.165) is 16.7 Å². The van der Waals surface area contributed by atoms with E-state index in [4.69, 9.17) is 4.42 Å². The topological polar surface area (TPSA) is 94.5 Å². The van der Waals surface area contributed by atoms with Crippen LogP contribution in [0.2, 0.25) is 0 Å². The Morgan fingerprint density at radius 2 is 1.57 bits per heavy atom. The molecule has 0 atom stereocenters. The second-order valence-electron chi connectivity index (χ2n) is 8.83. The Labute approximate surface area is 212 Å². The summed E-state index contributed by atoms with van der Waals surface area (Å²) >= 11 is 0. The number of sulfone groups is 1. The molecule has 7 nitrogen and oxygen atoms in total. The highest BCUT2D eigenvalue weighted by atomic mass is 32.2. The van der Waals surface area contributed by atoms with Gasteiger partial charge in [0.25, 0.3) is 0 Å². The second kappa shape index (κ2) is 8.53. The van der Waals surface area contributed by atoms with Gasteiger partial charge in [0.15, 0.2) is 5.65 Å². The number of hydrogen-bond acceptors (Lipinski definition) is 6. The standard InChI is InChI=1S/C29H21N3O4S/c1-18-12-14-22(15-13-18)37(34,35)25-17-30-28-26(20-8-4-3-5-9-20)19(2)31-32(28)27(25)23-16-21-10-6-7-11-24(21)36-29(23)33/h3-17H,1-2H3. The van der Waals surface area contributed by atoms with Gasteiger partial charge in [0.05, 0.1) is 22.3 Å². The Morgan fingerprint density at radius 1 is 0.865 bits per heavy atom. The van der Waals surface area contributed by atoms with Crippen LogP contribution in [0.5, 0.6) is 0 Å². The van der Waals surface area contributed by atoms with Gasteiger partial charge in [-0.1, -0.05) is 66.2 Å². The fraction of sp³-hybridized carbons (Fsp3) is 0.0690. The molecule has 0 spiro atoms. The van der Waals surface area contributed by atoms with E-state index < -0.39 is 15.5 Å². The third-order valence-electron chi connectivity index (χ3n) is 6.37. The van der Waals surface area contributed by atoms with Crippen LogP contribution in [0.25, 0.3) is 39.0 Å². The molecule has 37 heavy (non-hydrogen) atoms. The molecule has 6 aromatic rings. The maximum absolute atomic E-state index is 13.9. The van der Waals surface area contributed by atoms with Gasteiger partial charge in [0.2, 0.25) is 9.84 Å². The third-order valence-corrected chi connectivity index (χ3v) is 8.14. The molecule has 3 heterocycles. The summed E-state index contributed by atoms with van der Waals surface area (Å²) in [6.45, 7) is 3.71. The lowest BCUT2D eigenvalue weighted by Gasteiger charge is -2.13. The summed E-state index contributed by atoms with van der Waals surface area (Å²) in [6, 6.07) is 24.9. The van der Waals surface area contributed by atoms with Crippen molar-refractivity contribution in [3.63, 3.8) is 0 Å². The monoisotopic (exact) mass is 507 g/mol. The van der Waals surface area contributed by atoms with Crippen LogP contribution in [-0.4, -0.2) is 23.0 Å². The largest absolute Gasteiger partial charge is 0.422 e. The summed E-state index contributed by atoms with van der Waals surface area (Å²) in [4.78, 5) is 17.8. The molecular weight excluding hydrogens is 486 g/mol. The van der Waals surface area contributed by atoms with Crippen LogP contribution < -0.4 is 5.63 Å². The normalized spacial score (nSPS) is 11.8. The van der Waals surface area contributed by atoms with Crippen LogP contribution >= 0.6 is 0 Å². The van der Waals surface area contributed by atoms with Crippen molar-refractivity contribution in [1.29, 1.82) is 0 Å². The average molecular weight is 508 g/mol. The second-order valence-corrected chi connectivity index (χ2v) is 10.8. The first-order valence-electron chi connectivity index (χ1n) is 11.6. The summed E-state index contributed by atoms with van der Waals surface area (Å²) < 4.78 is 34.9. The zero-order chi connectivity index (χ0) is 25.7.